The van der Waals surface area contributed by atoms with Crippen molar-refractivity contribution >= 4 is 22.7 Å². The van der Waals surface area contributed by atoms with Crippen molar-refractivity contribution in [1.29, 1.82) is 0 Å². The first-order valence-electron chi connectivity index (χ1n) is 5.84. The smallest absolute Gasteiger partial charge is 0.258 e. The Labute approximate surface area is 116 Å². The average Bonchev–Trinajstić information content (AvgIpc) is 2.92. The lowest BCUT2D eigenvalue weighted by Gasteiger charge is -2.06. The van der Waals surface area contributed by atoms with E-state index in [4.69, 9.17) is 4.42 Å². The Morgan fingerprint density at radius 3 is 2.71 bits per heavy atom. The number of hydrogen-bond acceptors (Lipinski definition) is 3. The summed E-state index contributed by atoms with van der Waals surface area (Å²) in [6, 6.07) is 6.16. The Morgan fingerprint density at radius 1 is 1.10 bits per heavy atom. The highest BCUT2D eigenvalue weighted by atomic mass is 19.2. The molecule has 1 N–H and O–H groups in total. The third kappa shape index (κ3) is 2.33. The van der Waals surface area contributed by atoms with Crippen molar-refractivity contribution in [2.45, 2.75) is 0 Å². The van der Waals surface area contributed by atoms with Crippen LogP contribution in [0.4, 0.5) is 18.9 Å². The number of aromatic nitrogens is 1. The number of rotatable bonds is 2. The van der Waals surface area contributed by atoms with Crippen LogP contribution in [-0.2, 0) is 0 Å². The molecule has 1 amide bonds. The Bertz CT molecular complexity index is 845. The highest BCUT2D eigenvalue weighted by Gasteiger charge is 2.19. The van der Waals surface area contributed by atoms with E-state index in [1.54, 1.807) is 6.07 Å². The predicted molar refractivity (Wildman–Crippen MR) is 68.3 cm³/mol. The number of hydrogen-bond donors (Lipinski definition) is 1. The average molecular weight is 292 g/mol. The zero-order chi connectivity index (χ0) is 15.0. The second kappa shape index (κ2) is 4.93. The van der Waals surface area contributed by atoms with Crippen LogP contribution in [0.5, 0.6) is 0 Å². The number of nitrogens with one attached hydrogen (secondary N) is 1. The number of carbonyl (C=O) groups is 1. The Kier molecular flexibility index (Phi) is 3.09. The molecule has 0 saturated heterocycles. The molecule has 0 aliphatic heterocycles. The van der Waals surface area contributed by atoms with E-state index in [2.05, 4.69) is 10.3 Å². The molecule has 3 aromatic rings. The molecule has 1 aromatic heterocycles. The standard InChI is InChI=1S/C14H7F3N2O2/c15-9-3-2-8(12(16)13(9)17)14(20)19-7-1-4-10-11(5-7)21-6-18-10/h1-6H,(H,19,20). The van der Waals surface area contributed by atoms with Crippen LogP contribution in [0.15, 0.2) is 41.1 Å². The molecule has 1 heterocycles. The van der Waals surface area contributed by atoms with E-state index in [0.717, 1.165) is 6.07 Å². The Balaban J connectivity index is 1.90. The molecule has 0 spiro atoms. The molecule has 0 radical (unpaired) electrons. The topological polar surface area (TPSA) is 55.1 Å². The molecule has 3 rings (SSSR count). The molecule has 0 bridgehead atoms. The van der Waals surface area contributed by atoms with Gasteiger partial charge in [0.1, 0.15) is 5.52 Å². The lowest BCUT2D eigenvalue weighted by atomic mass is 10.1. The fourth-order valence-corrected chi connectivity index (χ4v) is 1.83. The van der Waals surface area contributed by atoms with Crippen LogP contribution in [0.2, 0.25) is 0 Å². The van der Waals surface area contributed by atoms with Gasteiger partial charge in [-0.05, 0) is 24.3 Å². The second-order valence-electron chi connectivity index (χ2n) is 4.21. The zero-order valence-corrected chi connectivity index (χ0v) is 10.4. The van der Waals surface area contributed by atoms with Crippen LogP contribution < -0.4 is 5.32 Å². The summed E-state index contributed by atoms with van der Waals surface area (Å²) in [6.45, 7) is 0. The third-order valence-electron chi connectivity index (χ3n) is 2.87. The minimum absolute atomic E-state index is 0.313. The summed E-state index contributed by atoms with van der Waals surface area (Å²) in [4.78, 5) is 15.8. The van der Waals surface area contributed by atoms with Crippen LogP contribution in [0.25, 0.3) is 11.1 Å². The molecule has 0 unspecified atom stereocenters. The summed E-state index contributed by atoms with van der Waals surface area (Å²) in [5.41, 5.74) is 0.741. The summed E-state index contributed by atoms with van der Waals surface area (Å²) in [5, 5.41) is 2.37. The monoisotopic (exact) mass is 292 g/mol. The van der Waals surface area contributed by atoms with Crippen molar-refractivity contribution in [2.75, 3.05) is 5.32 Å². The second-order valence-corrected chi connectivity index (χ2v) is 4.21. The van der Waals surface area contributed by atoms with Gasteiger partial charge in [-0.25, -0.2) is 18.2 Å². The maximum Gasteiger partial charge on any atom is 0.258 e. The van der Waals surface area contributed by atoms with Crippen molar-refractivity contribution in [1.82, 2.24) is 4.98 Å². The van der Waals surface area contributed by atoms with Gasteiger partial charge in [-0.3, -0.25) is 4.79 Å². The molecule has 0 aliphatic carbocycles. The first-order valence-corrected chi connectivity index (χ1v) is 5.84. The quantitative estimate of drug-likeness (QED) is 0.735. The minimum atomic E-state index is -1.69. The first-order chi connectivity index (χ1) is 10.1. The van der Waals surface area contributed by atoms with Gasteiger partial charge in [-0.15, -0.1) is 0 Å². The lowest BCUT2D eigenvalue weighted by molar-refractivity contribution is 0.102. The summed E-state index contributed by atoms with van der Waals surface area (Å²) in [5.74, 6) is -5.47. The summed E-state index contributed by atoms with van der Waals surface area (Å²) < 4.78 is 44.5. The van der Waals surface area contributed by atoms with E-state index in [-0.39, 0.29) is 0 Å². The maximum atomic E-state index is 13.5. The molecule has 21 heavy (non-hydrogen) atoms. The number of fused-ring (bicyclic) bond motifs is 1. The highest BCUT2D eigenvalue weighted by molar-refractivity contribution is 6.05. The fourth-order valence-electron chi connectivity index (χ4n) is 1.83. The van der Waals surface area contributed by atoms with Gasteiger partial charge in [0.05, 0.1) is 5.56 Å². The van der Waals surface area contributed by atoms with Gasteiger partial charge in [-0.2, -0.15) is 0 Å². The normalized spacial score (nSPS) is 10.8. The van der Waals surface area contributed by atoms with E-state index in [1.807, 2.05) is 0 Å². The van der Waals surface area contributed by atoms with Gasteiger partial charge in [0, 0.05) is 11.8 Å². The Morgan fingerprint density at radius 2 is 1.90 bits per heavy atom. The number of amides is 1. The third-order valence-corrected chi connectivity index (χ3v) is 2.87. The van der Waals surface area contributed by atoms with Crippen LogP contribution in [0, 0.1) is 17.5 Å². The first kappa shape index (κ1) is 13.2. The van der Waals surface area contributed by atoms with E-state index in [0.29, 0.717) is 22.9 Å². The minimum Gasteiger partial charge on any atom is -0.443 e. The molecule has 7 heteroatoms. The van der Waals surface area contributed by atoms with E-state index in [1.165, 1.54) is 18.5 Å². The van der Waals surface area contributed by atoms with Crippen LogP contribution in [0.3, 0.4) is 0 Å². The number of oxazole rings is 1. The molecule has 2 aromatic carbocycles. The zero-order valence-electron chi connectivity index (χ0n) is 10.4. The summed E-state index contributed by atoms with van der Waals surface area (Å²) in [6.07, 6.45) is 1.24. The van der Waals surface area contributed by atoms with Crippen molar-refractivity contribution in [3.05, 3.63) is 59.7 Å². The summed E-state index contributed by atoms with van der Waals surface area (Å²) >= 11 is 0. The van der Waals surface area contributed by atoms with Crippen molar-refractivity contribution in [2.24, 2.45) is 0 Å². The van der Waals surface area contributed by atoms with E-state index < -0.39 is 28.9 Å². The molecule has 0 saturated carbocycles. The molecule has 4 nitrogen and oxygen atoms in total. The summed E-state index contributed by atoms with van der Waals surface area (Å²) in [7, 11) is 0. The van der Waals surface area contributed by atoms with Gasteiger partial charge in [0.2, 0.25) is 0 Å². The molecule has 0 atom stereocenters. The van der Waals surface area contributed by atoms with Crippen LogP contribution in [0.1, 0.15) is 10.4 Å². The van der Waals surface area contributed by atoms with Gasteiger partial charge in [-0.1, -0.05) is 0 Å². The molecular weight excluding hydrogens is 285 g/mol. The van der Waals surface area contributed by atoms with Crippen molar-refractivity contribution in [3.63, 3.8) is 0 Å². The fraction of sp³-hybridized carbons (Fsp3) is 0. The molecular formula is C14H7F3N2O2. The van der Waals surface area contributed by atoms with Crippen LogP contribution in [-0.4, -0.2) is 10.9 Å². The number of anilines is 1. The number of nitrogens with zero attached hydrogens (tertiary/aromatic N) is 1. The van der Waals surface area contributed by atoms with Gasteiger partial charge in [0.15, 0.2) is 29.4 Å². The van der Waals surface area contributed by atoms with Crippen molar-refractivity contribution in [3.8, 4) is 0 Å². The number of carbonyl (C=O) groups excluding carboxylic acids is 1. The van der Waals surface area contributed by atoms with Gasteiger partial charge in [0.25, 0.3) is 5.91 Å². The molecule has 0 fully saturated rings. The highest BCUT2D eigenvalue weighted by Crippen LogP contribution is 2.20. The van der Waals surface area contributed by atoms with E-state index >= 15 is 0 Å². The van der Waals surface area contributed by atoms with E-state index in [9.17, 15) is 18.0 Å². The maximum absolute atomic E-state index is 13.5. The number of halogens is 3. The SMILES string of the molecule is O=C(Nc1ccc2ncoc2c1)c1ccc(F)c(F)c1F. The predicted octanol–water partition coefficient (Wildman–Crippen LogP) is 3.50. The molecule has 0 aliphatic rings. The largest absolute Gasteiger partial charge is 0.443 e. The van der Waals surface area contributed by atoms with Crippen LogP contribution >= 0.6 is 0 Å². The number of benzene rings is 2. The Hall–Kier alpha value is -2.83. The van der Waals surface area contributed by atoms with Crippen molar-refractivity contribution < 1.29 is 22.4 Å². The molecule has 106 valence electrons. The lowest BCUT2D eigenvalue weighted by Crippen LogP contribution is -2.15. The van der Waals surface area contributed by atoms with Gasteiger partial charge >= 0.3 is 0 Å². The van der Waals surface area contributed by atoms with Gasteiger partial charge < -0.3 is 9.73 Å².